The Labute approximate surface area is 187 Å². The summed E-state index contributed by atoms with van der Waals surface area (Å²) in [6, 6.07) is 34.9. The van der Waals surface area contributed by atoms with Crippen molar-refractivity contribution in [1.82, 2.24) is 4.98 Å². The number of hydrogen-bond donors (Lipinski definition) is 2. The molecule has 0 radical (unpaired) electrons. The molecule has 4 aromatic carbocycles. The minimum atomic E-state index is -0.668. The Kier molecular flexibility index (Phi) is 4.95. The average molecular weight is 420 g/mol. The second-order valence-corrected chi connectivity index (χ2v) is 8.11. The summed E-state index contributed by atoms with van der Waals surface area (Å²) >= 11 is 0. The number of H-pyrrole nitrogens is 1. The van der Waals surface area contributed by atoms with Gasteiger partial charge in [-0.3, -0.25) is 0 Å². The third-order valence-electron chi connectivity index (χ3n) is 6.23. The molecule has 0 saturated heterocycles. The van der Waals surface area contributed by atoms with Gasteiger partial charge in [-0.25, -0.2) is 0 Å². The summed E-state index contributed by atoms with van der Waals surface area (Å²) in [6.45, 7) is 2.06. The highest BCUT2D eigenvalue weighted by molar-refractivity contribution is 5.84. The molecule has 0 spiro atoms. The molecule has 0 saturated carbocycles. The minimum absolute atomic E-state index is 0.240. The van der Waals surface area contributed by atoms with Crippen LogP contribution in [-0.2, 0) is 5.41 Å². The van der Waals surface area contributed by atoms with Crippen molar-refractivity contribution in [3.05, 3.63) is 131 Å². The molecule has 0 aliphatic carbocycles. The molecule has 0 bridgehead atoms. The lowest BCUT2D eigenvalue weighted by Crippen LogP contribution is -2.32. The average Bonchev–Trinajstić information content (AvgIpc) is 3.27. The van der Waals surface area contributed by atoms with Crippen molar-refractivity contribution in [3.63, 3.8) is 0 Å². The number of phenols is 1. The monoisotopic (exact) mass is 419 g/mol. The van der Waals surface area contributed by atoms with Crippen molar-refractivity contribution in [2.75, 3.05) is 7.11 Å². The predicted molar refractivity (Wildman–Crippen MR) is 130 cm³/mol. The molecule has 0 aliphatic rings. The van der Waals surface area contributed by atoms with Gasteiger partial charge in [-0.1, -0.05) is 66.7 Å². The van der Waals surface area contributed by atoms with Crippen molar-refractivity contribution < 1.29 is 9.84 Å². The Hall–Kier alpha value is -3.98. The summed E-state index contributed by atoms with van der Waals surface area (Å²) in [5.74, 6) is 1.05. The lowest BCUT2D eigenvalue weighted by Gasteiger charge is -2.36. The Balaban J connectivity index is 1.94. The molecule has 1 atom stereocenters. The number of aromatic nitrogens is 1. The minimum Gasteiger partial charge on any atom is -0.508 e. The number of ether oxygens (including phenoxy) is 1. The quantitative estimate of drug-likeness (QED) is 0.316. The first-order valence-electron chi connectivity index (χ1n) is 10.7. The number of benzene rings is 4. The number of phenolic OH excluding ortho intramolecular Hbond substituents is 1. The van der Waals surface area contributed by atoms with E-state index in [0.717, 1.165) is 33.8 Å². The van der Waals surface area contributed by atoms with Crippen molar-refractivity contribution in [3.8, 4) is 11.5 Å². The van der Waals surface area contributed by atoms with Crippen LogP contribution >= 0.6 is 0 Å². The maximum Gasteiger partial charge on any atom is 0.123 e. The number of para-hydroxylation sites is 1. The molecular formula is C29H25NO2. The van der Waals surface area contributed by atoms with Crippen LogP contribution in [0, 0.1) is 6.92 Å². The van der Waals surface area contributed by atoms with E-state index in [-0.39, 0.29) is 5.75 Å². The van der Waals surface area contributed by atoms with Gasteiger partial charge in [0, 0.05) is 17.0 Å². The molecule has 0 aliphatic heterocycles. The van der Waals surface area contributed by atoms with Crippen molar-refractivity contribution in [2.45, 2.75) is 12.3 Å². The topological polar surface area (TPSA) is 45.2 Å². The van der Waals surface area contributed by atoms with Gasteiger partial charge in [0.15, 0.2) is 0 Å². The van der Waals surface area contributed by atoms with E-state index in [2.05, 4.69) is 72.6 Å². The van der Waals surface area contributed by atoms with Gasteiger partial charge in [0.1, 0.15) is 11.5 Å². The van der Waals surface area contributed by atoms with Gasteiger partial charge in [0.2, 0.25) is 0 Å². The van der Waals surface area contributed by atoms with Crippen LogP contribution in [0.4, 0.5) is 0 Å². The number of methoxy groups -OCH3 is 1. The largest absolute Gasteiger partial charge is 0.508 e. The Morgan fingerprint density at radius 3 is 2.12 bits per heavy atom. The number of nitrogens with one attached hydrogen (secondary N) is 1. The fraction of sp³-hybridized carbons (Fsp3) is 0.103. The van der Waals surface area contributed by atoms with Crippen molar-refractivity contribution in [2.24, 2.45) is 0 Å². The smallest absolute Gasteiger partial charge is 0.123 e. The summed E-state index contributed by atoms with van der Waals surface area (Å²) in [7, 11) is 1.71. The highest BCUT2D eigenvalue weighted by atomic mass is 16.5. The first-order valence-corrected chi connectivity index (χ1v) is 10.7. The first kappa shape index (κ1) is 20.0. The van der Waals surface area contributed by atoms with Crippen LogP contribution < -0.4 is 4.74 Å². The van der Waals surface area contributed by atoms with Crippen LogP contribution in [0.2, 0.25) is 0 Å². The molecule has 5 aromatic rings. The van der Waals surface area contributed by atoms with Crippen LogP contribution in [0.1, 0.15) is 28.1 Å². The molecule has 5 rings (SSSR count). The highest BCUT2D eigenvalue weighted by Crippen LogP contribution is 2.48. The Bertz CT molecular complexity index is 1380. The van der Waals surface area contributed by atoms with Crippen LogP contribution in [-0.4, -0.2) is 17.2 Å². The second kappa shape index (κ2) is 7.93. The molecule has 3 nitrogen and oxygen atoms in total. The van der Waals surface area contributed by atoms with Crippen molar-refractivity contribution >= 4 is 10.8 Å². The van der Waals surface area contributed by atoms with E-state index >= 15 is 0 Å². The van der Waals surface area contributed by atoms with E-state index in [1.807, 2.05) is 30.3 Å². The van der Waals surface area contributed by atoms with E-state index < -0.39 is 5.41 Å². The molecule has 3 heteroatoms. The van der Waals surface area contributed by atoms with Gasteiger partial charge in [0.25, 0.3) is 0 Å². The van der Waals surface area contributed by atoms with Gasteiger partial charge in [0.05, 0.1) is 12.5 Å². The maximum absolute atomic E-state index is 10.0. The summed E-state index contributed by atoms with van der Waals surface area (Å²) in [4.78, 5) is 3.61. The molecular weight excluding hydrogens is 394 g/mol. The van der Waals surface area contributed by atoms with Gasteiger partial charge < -0.3 is 14.8 Å². The number of fused-ring (bicyclic) bond motifs is 1. The van der Waals surface area contributed by atoms with E-state index in [9.17, 15) is 5.11 Å². The number of aromatic amines is 1. The fourth-order valence-corrected chi connectivity index (χ4v) is 4.75. The van der Waals surface area contributed by atoms with Crippen LogP contribution in [0.25, 0.3) is 10.8 Å². The number of hydrogen-bond acceptors (Lipinski definition) is 2. The van der Waals surface area contributed by atoms with E-state index in [0.29, 0.717) is 0 Å². The second-order valence-electron chi connectivity index (χ2n) is 8.11. The zero-order valence-corrected chi connectivity index (χ0v) is 18.2. The molecule has 32 heavy (non-hydrogen) atoms. The molecule has 1 heterocycles. The fourth-order valence-electron chi connectivity index (χ4n) is 4.75. The zero-order chi connectivity index (χ0) is 22.1. The Morgan fingerprint density at radius 2 is 1.41 bits per heavy atom. The summed E-state index contributed by atoms with van der Waals surface area (Å²) in [6.07, 6.45) is 0. The summed E-state index contributed by atoms with van der Waals surface area (Å²) in [5, 5.41) is 12.4. The molecule has 158 valence electrons. The van der Waals surface area contributed by atoms with Crippen molar-refractivity contribution in [1.29, 1.82) is 0 Å². The molecule has 1 aromatic heterocycles. The van der Waals surface area contributed by atoms with Gasteiger partial charge >= 0.3 is 0 Å². The van der Waals surface area contributed by atoms with Crippen LogP contribution in [0.3, 0.4) is 0 Å². The number of aromatic hydroxyl groups is 1. The number of rotatable bonds is 5. The molecule has 2 N–H and O–H groups in total. The molecule has 0 unspecified atom stereocenters. The van der Waals surface area contributed by atoms with Crippen LogP contribution in [0.5, 0.6) is 11.5 Å². The summed E-state index contributed by atoms with van der Waals surface area (Å²) in [5.41, 5.74) is 4.65. The van der Waals surface area contributed by atoms with Gasteiger partial charge in [-0.05, 0) is 65.2 Å². The highest BCUT2D eigenvalue weighted by Gasteiger charge is 2.41. The van der Waals surface area contributed by atoms with E-state index in [1.54, 1.807) is 19.2 Å². The first-order chi connectivity index (χ1) is 15.6. The van der Waals surface area contributed by atoms with Crippen LogP contribution in [0.15, 0.2) is 103 Å². The molecule has 0 amide bonds. The SMILES string of the molecule is COc1ccccc1[C@](c1ccc(O)cc1)(c1ccc2ccccc2c1)c1ccc(C)[nH]1. The van der Waals surface area contributed by atoms with E-state index in [4.69, 9.17) is 4.74 Å². The zero-order valence-electron chi connectivity index (χ0n) is 18.2. The summed E-state index contributed by atoms with van der Waals surface area (Å²) < 4.78 is 5.87. The van der Waals surface area contributed by atoms with Gasteiger partial charge in [-0.2, -0.15) is 0 Å². The predicted octanol–water partition coefficient (Wildman–Crippen LogP) is 6.57. The lowest BCUT2D eigenvalue weighted by molar-refractivity contribution is 0.404. The normalized spacial score (nSPS) is 13.1. The lowest BCUT2D eigenvalue weighted by atomic mass is 9.66. The maximum atomic E-state index is 10.0. The standard InChI is InChI=1S/C29H25NO2/c1-20-11-18-28(30-20)29(23-14-16-25(31)17-15-23,26-9-5-6-10-27(26)32-2)24-13-12-21-7-3-4-8-22(21)19-24/h3-19,30-31H,1-2H3/t29-/m0/s1. The Morgan fingerprint density at radius 1 is 0.719 bits per heavy atom. The van der Waals surface area contributed by atoms with E-state index in [1.165, 1.54) is 10.8 Å². The number of aryl methyl sites for hydroxylation is 1. The third kappa shape index (κ3) is 3.14. The van der Waals surface area contributed by atoms with Gasteiger partial charge in [-0.15, -0.1) is 0 Å². The molecule has 0 fully saturated rings. The third-order valence-corrected chi connectivity index (χ3v) is 6.23.